The Labute approximate surface area is 160 Å². The summed E-state index contributed by atoms with van der Waals surface area (Å²) in [7, 11) is 0. The van der Waals surface area contributed by atoms with Gasteiger partial charge in [-0.25, -0.2) is 4.39 Å². The third kappa shape index (κ3) is 2.94. The number of rotatable bonds is 2. The number of nitrogens with zero attached hydrogens (tertiary/aromatic N) is 2. The Balaban J connectivity index is 1.76. The van der Waals surface area contributed by atoms with Crippen LogP contribution in [0, 0.1) is 11.2 Å². The summed E-state index contributed by atoms with van der Waals surface area (Å²) >= 11 is 0. The highest BCUT2D eigenvalue weighted by Crippen LogP contribution is 2.27. The molecule has 0 fully saturated rings. The Hall–Kier alpha value is -3.48. The third-order valence-corrected chi connectivity index (χ3v) is 4.56. The molecule has 7 heteroatoms. The first-order chi connectivity index (χ1) is 13.3. The molecule has 2 heterocycles. The van der Waals surface area contributed by atoms with Gasteiger partial charge in [-0.05, 0) is 30.3 Å². The number of carbonyl (C=O) groups excluding carboxylic acids is 1. The van der Waals surface area contributed by atoms with Gasteiger partial charge in [0, 0.05) is 22.7 Å². The number of nitrogens with one attached hydrogen (secondary N) is 2. The lowest BCUT2D eigenvalue weighted by Gasteiger charge is -2.17. The molecule has 2 aromatic rings. The van der Waals surface area contributed by atoms with Crippen LogP contribution in [0.25, 0.3) is 27.8 Å². The molecule has 2 N–H and O–H groups in total. The van der Waals surface area contributed by atoms with Crippen LogP contribution in [0.5, 0.6) is 0 Å². The molecular formula is C21H19FN4O2. The Morgan fingerprint density at radius 1 is 1.14 bits per heavy atom. The van der Waals surface area contributed by atoms with Gasteiger partial charge in [-0.3, -0.25) is 9.59 Å². The number of carbonyl (C=O) groups is 1. The van der Waals surface area contributed by atoms with Crippen molar-refractivity contribution in [2.75, 3.05) is 5.32 Å². The lowest BCUT2D eigenvalue weighted by Crippen LogP contribution is -2.27. The average molecular weight is 378 g/mol. The van der Waals surface area contributed by atoms with Crippen molar-refractivity contribution in [3.8, 4) is 16.9 Å². The van der Waals surface area contributed by atoms with Crippen LogP contribution in [0.4, 0.5) is 10.1 Å². The van der Waals surface area contributed by atoms with Gasteiger partial charge in [0.1, 0.15) is 11.5 Å². The minimum Gasteiger partial charge on any atom is -0.358 e. The van der Waals surface area contributed by atoms with Gasteiger partial charge in [0.05, 0.1) is 16.8 Å². The molecule has 142 valence electrons. The smallest absolute Gasteiger partial charge is 0.282 e. The van der Waals surface area contributed by atoms with Crippen LogP contribution >= 0.6 is 0 Å². The van der Waals surface area contributed by atoms with E-state index < -0.39 is 11.2 Å². The van der Waals surface area contributed by atoms with E-state index in [1.54, 1.807) is 36.4 Å². The number of para-hydroxylation sites is 1. The molecule has 2 aliphatic rings. The van der Waals surface area contributed by atoms with Crippen LogP contribution in [0.1, 0.15) is 20.8 Å². The quantitative estimate of drug-likeness (QED) is 0.554. The van der Waals surface area contributed by atoms with Crippen molar-refractivity contribution < 1.29 is 9.18 Å². The highest BCUT2D eigenvalue weighted by atomic mass is 19.1. The van der Waals surface area contributed by atoms with E-state index in [9.17, 15) is 14.0 Å². The zero-order chi connectivity index (χ0) is 20.1. The van der Waals surface area contributed by atoms with Gasteiger partial charge in [-0.2, -0.15) is 9.78 Å². The molecule has 2 aliphatic heterocycles. The van der Waals surface area contributed by atoms with Crippen molar-refractivity contribution in [2.24, 2.45) is 5.41 Å². The summed E-state index contributed by atoms with van der Waals surface area (Å²) < 4.78 is 15.3. The van der Waals surface area contributed by atoms with Gasteiger partial charge in [-0.1, -0.05) is 32.9 Å². The summed E-state index contributed by atoms with van der Waals surface area (Å²) in [6.45, 7) is 5.50. The maximum atomic E-state index is 14.0. The second kappa shape index (κ2) is 6.30. The lowest BCUT2D eigenvalue weighted by molar-refractivity contribution is -0.123. The Bertz CT molecular complexity index is 1220. The van der Waals surface area contributed by atoms with Crippen LogP contribution in [-0.4, -0.2) is 20.7 Å². The largest absolute Gasteiger partial charge is 0.358 e. The van der Waals surface area contributed by atoms with Gasteiger partial charge in [0.15, 0.2) is 0 Å². The standard InChI is InChI=1S/C21H19FN4O2/c1-21(2,3)20(28)24-12-7-9-13(10-8-12)26-19(27)15-11-23-18-14(17(15)25-26)5-4-6-16(18)22/h4-11,23H,1-3H3,(H,24,28). The number of aromatic amines is 1. The number of aromatic nitrogens is 3. The summed E-state index contributed by atoms with van der Waals surface area (Å²) in [6, 6.07) is 11.5. The minimum atomic E-state index is -0.507. The SMILES string of the molecule is CC(C)(C)C(=O)Nc1ccc(-n2nc3c4cccc(F)c4[nH]cc-3c2=O)cc1. The fourth-order valence-corrected chi connectivity index (χ4v) is 2.94. The maximum absolute atomic E-state index is 14.0. The number of H-pyrrole nitrogens is 1. The number of anilines is 1. The molecule has 28 heavy (non-hydrogen) atoms. The van der Waals surface area contributed by atoms with E-state index in [1.807, 2.05) is 20.8 Å². The predicted octanol–water partition coefficient (Wildman–Crippen LogP) is 3.94. The van der Waals surface area contributed by atoms with E-state index in [2.05, 4.69) is 15.4 Å². The summed E-state index contributed by atoms with van der Waals surface area (Å²) in [4.78, 5) is 27.7. The van der Waals surface area contributed by atoms with Gasteiger partial charge < -0.3 is 10.3 Å². The number of amides is 1. The van der Waals surface area contributed by atoms with Crippen molar-refractivity contribution in [1.29, 1.82) is 0 Å². The number of benzene rings is 2. The molecule has 0 aromatic heterocycles. The van der Waals surface area contributed by atoms with Gasteiger partial charge >= 0.3 is 0 Å². The average Bonchev–Trinajstić information content (AvgIpc) is 2.99. The highest BCUT2D eigenvalue weighted by Gasteiger charge is 2.22. The zero-order valence-corrected chi connectivity index (χ0v) is 15.7. The molecular weight excluding hydrogens is 359 g/mol. The normalized spacial score (nSPS) is 11.9. The number of halogens is 1. The van der Waals surface area contributed by atoms with Gasteiger partial charge in [0.2, 0.25) is 5.91 Å². The first-order valence-corrected chi connectivity index (χ1v) is 8.86. The molecule has 2 aromatic carbocycles. The number of hydrogen-bond acceptors (Lipinski definition) is 3. The van der Waals surface area contributed by atoms with Crippen LogP contribution in [0.15, 0.2) is 53.5 Å². The first kappa shape index (κ1) is 17.9. The number of hydrogen-bond donors (Lipinski definition) is 2. The monoisotopic (exact) mass is 378 g/mol. The second-order valence-corrected chi connectivity index (χ2v) is 7.68. The molecule has 1 amide bonds. The fraction of sp³-hybridized carbons (Fsp3) is 0.190. The van der Waals surface area contributed by atoms with E-state index in [-0.39, 0.29) is 11.5 Å². The number of fused-ring (bicyclic) bond motifs is 3. The lowest BCUT2D eigenvalue weighted by atomic mass is 9.95. The fourth-order valence-electron chi connectivity index (χ4n) is 2.94. The molecule has 0 unspecified atom stereocenters. The Kier molecular flexibility index (Phi) is 4.03. The Morgan fingerprint density at radius 3 is 2.54 bits per heavy atom. The van der Waals surface area contributed by atoms with E-state index in [0.29, 0.717) is 33.5 Å². The van der Waals surface area contributed by atoms with Crippen molar-refractivity contribution >= 4 is 22.5 Å². The molecule has 4 rings (SSSR count). The summed E-state index contributed by atoms with van der Waals surface area (Å²) in [5, 5.41) is 7.79. The van der Waals surface area contributed by atoms with Crippen molar-refractivity contribution in [3.05, 3.63) is 64.8 Å². The Morgan fingerprint density at radius 2 is 1.86 bits per heavy atom. The van der Waals surface area contributed by atoms with Crippen LogP contribution in [-0.2, 0) is 4.79 Å². The van der Waals surface area contributed by atoms with E-state index in [1.165, 1.54) is 16.9 Å². The molecule has 0 aliphatic carbocycles. The predicted molar refractivity (Wildman–Crippen MR) is 106 cm³/mol. The van der Waals surface area contributed by atoms with Crippen molar-refractivity contribution in [1.82, 2.24) is 14.8 Å². The number of pyridine rings is 1. The van der Waals surface area contributed by atoms with E-state index in [0.717, 1.165) is 0 Å². The summed E-state index contributed by atoms with van der Waals surface area (Å²) in [5.74, 6) is -0.501. The molecule has 0 spiro atoms. The third-order valence-electron chi connectivity index (χ3n) is 4.56. The van der Waals surface area contributed by atoms with E-state index >= 15 is 0 Å². The zero-order valence-electron chi connectivity index (χ0n) is 15.7. The molecule has 6 nitrogen and oxygen atoms in total. The maximum Gasteiger partial charge on any atom is 0.282 e. The molecule has 0 bridgehead atoms. The first-order valence-electron chi connectivity index (χ1n) is 8.86. The second-order valence-electron chi connectivity index (χ2n) is 7.68. The topological polar surface area (TPSA) is 79.8 Å². The molecule has 0 saturated carbocycles. The van der Waals surface area contributed by atoms with Crippen LogP contribution in [0.2, 0.25) is 0 Å². The van der Waals surface area contributed by atoms with Crippen molar-refractivity contribution in [2.45, 2.75) is 20.8 Å². The van der Waals surface area contributed by atoms with Gasteiger partial charge in [-0.15, -0.1) is 0 Å². The highest BCUT2D eigenvalue weighted by molar-refractivity contribution is 5.95. The van der Waals surface area contributed by atoms with Gasteiger partial charge in [0.25, 0.3) is 5.56 Å². The molecule has 0 saturated heterocycles. The van der Waals surface area contributed by atoms with E-state index in [4.69, 9.17) is 0 Å². The summed E-state index contributed by atoms with van der Waals surface area (Å²) in [6.07, 6.45) is 1.48. The summed E-state index contributed by atoms with van der Waals surface area (Å²) in [5.41, 5.74) is 1.50. The molecule has 0 radical (unpaired) electrons. The minimum absolute atomic E-state index is 0.0985. The van der Waals surface area contributed by atoms with Crippen LogP contribution in [0.3, 0.4) is 0 Å². The van der Waals surface area contributed by atoms with Crippen LogP contribution < -0.4 is 10.9 Å². The molecule has 0 atom stereocenters. The van der Waals surface area contributed by atoms with Crippen molar-refractivity contribution in [3.63, 3.8) is 0 Å².